The molecule has 0 aliphatic carbocycles. The molecule has 0 aromatic heterocycles. The lowest BCUT2D eigenvalue weighted by Gasteiger charge is -2.31. The van der Waals surface area contributed by atoms with Gasteiger partial charge in [0.15, 0.2) is 6.29 Å². The van der Waals surface area contributed by atoms with Crippen molar-refractivity contribution in [2.75, 3.05) is 38.2 Å². The van der Waals surface area contributed by atoms with Crippen molar-refractivity contribution in [2.24, 2.45) is 17.8 Å². The first-order valence-electron chi connectivity index (χ1n) is 16.2. The number of aliphatic hydroxyl groups excluding tert-OH is 1. The highest BCUT2D eigenvalue weighted by Gasteiger charge is 2.44. The lowest BCUT2D eigenvalue weighted by Crippen LogP contribution is -2.51. The van der Waals surface area contributed by atoms with Crippen LogP contribution in [0.15, 0.2) is 59.6 Å². The molecule has 2 fully saturated rings. The molecule has 12 nitrogen and oxygen atoms in total. The first-order valence-corrected chi connectivity index (χ1v) is 17.7. The molecule has 13 heteroatoms. The van der Waals surface area contributed by atoms with Crippen molar-refractivity contribution < 1.29 is 37.3 Å². The minimum Gasteiger partial charge on any atom is -0.443 e. The highest BCUT2D eigenvalue weighted by Crippen LogP contribution is 2.35. The molecule has 2 aromatic rings. The molecule has 4 N–H and O–H groups in total. The molecular weight excluding hydrogens is 624 g/mol. The van der Waals surface area contributed by atoms with E-state index in [2.05, 4.69) is 16.0 Å². The van der Waals surface area contributed by atoms with Gasteiger partial charge in [-0.3, -0.25) is 4.79 Å². The van der Waals surface area contributed by atoms with Crippen LogP contribution >= 0.6 is 0 Å². The van der Waals surface area contributed by atoms with Gasteiger partial charge in [0.05, 0.1) is 41.7 Å². The summed E-state index contributed by atoms with van der Waals surface area (Å²) in [6.45, 7) is 9.13. The van der Waals surface area contributed by atoms with E-state index in [1.54, 1.807) is 12.3 Å². The SMILES string of the molecule is CC(C)CN/C=C1\C(=O)Nc2ccc(S(=O)(=O)N(CC(C)C)CC(O)C(Cc3ccccc3)NC(=O)OC3COC4OCCC34)cc21. The fraction of sp³-hybridized carbons (Fsp3) is 0.529. The van der Waals surface area contributed by atoms with Crippen molar-refractivity contribution in [3.05, 3.63) is 65.9 Å². The first-order chi connectivity index (χ1) is 22.4. The molecule has 0 radical (unpaired) electrons. The third-order valence-corrected chi connectivity index (χ3v) is 10.3. The summed E-state index contributed by atoms with van der Waals surface area (Å²) in [7, 11) is -4.14. The molecule has 5 rings (SSSR count). The van der Waals surface area contributed by atoms with E-state index in [1.165, 1.54) is 16.4 Å². The minimum absolute atomic E-state index is 0.00286. The molecule has 256 valence electrons. The van der Waals surface area contributed by atoms with Crippen LogP contribution in [0.1, 0.15) is 45.2 Å². The normalized spacial score (nSPS) is 22.8. The molecule has 0 saturated carbocycles. The number of nitrogens with zero attached hydrogens (tertiary/aromatic N) is 1. The smallest absolute Gasteiger partial charge is 0.407 e. The van der Waals surface area contributed by atoms with E-state index in [4.69, 9.17) is 14.2 Å². The Morgan fingerprint density at radius 2 is 1.87 bits per heavy atom. The van der Waals surface area contributed by atoms with Crippen LogP contribution in [-0.2, 0) is 35.4 Å². The molecule has 2 amide bonds. The predicted octanol–water partition coefficient (Wildman–Crippen LogP) is 3.33. The molecular formula is C34H46N4O8S. The first kappa shape index (κ1) is 34.8. The van der Waals surface area contributed by atoms with Gasteiger partial charge in [-0.25, -0.2) is 13.2 Å². The van der Waals surface area contributed by atoms with E-state index in [-0.39, 0.29) is 55.0 Å². The number of alkyl carbamates (subject to hydrolysis) is 1. The number of anilines is 1. The van der Waals surface area contributed by atoms with Crippen molar-refractivity contribution >= 4 is 33.3 Å². The van der Waals surface area contributed by atoms with Gasteiger partial charge in [-0.05, 0) is 48.4 Å². The number of carbonyl (C=O) groups excluding carboxylic acids is 2. The Hall–Kier alpha value is -3.49. The predicted molar refractivity (Wildman–Crippen MR) is 177 cm³/mol. The summed E-state index contributed by atoms with van der Waals surface area (Å²) in [6, 6.07) is 13.0. The number of sulfonamides is 1. The summed E-state index contributed by atoms with van der Waals surface area (Å²) >= 11 is 0. The van der Waals surface area contributed by atoms with E-state index >= 15 is 0 Å². The Bertz CT molecular complexity index is 1550. The number of fused-ring (bicyclic) bond motifs is 2. The molecule has 3 aliphatic heterocycles. The van der Waals surface area contributed by atoms with Gasteiger partial charge < -0.3 is 35.3 Å². The zero-order valence-corrected chi connectivity index (χ0v) is 28.2. The zero-order valence-electron chi connectivity index (χ0n) is 27.3. The molecule has 3 aliphatic rings. The summed E-state index contributed by atoms with van der Waals surface area (Å²) in [5.74, 6) is -0.0856. The second-order valence-corrected chi connectivity index (χ2v) is 15.2. The maximum atomic E-state index is 14.2. The summed E-state index contributed by atoms with van der Waals surface area (Å²) in [6.07, 6.45) is -0.284. The number of hydrogen-bond acceptors (Lipinski definition) is 9. The lowest BCUT2D eigenvalue weighted by molar-refractivity contribution is -0.110. The van der Waals surface area contributed by atoms with Crippen molar-refractivity contribution in [2.45, 2.75) is 70.0 Å². The van der Waals surface area contributed by atoms with Crippen molar-refractivity contribution in [1.29, 1.82) is 0 Å². The second-order valence-electron chi connectivity index (χ2n) is 13.2. The largest absolute Gasteiger partial charge is 0.443 e. The fourth-order valence-electron chi connectivity index (χ4n) is 6.05. The van der Waals surface area contributed by atoms with Gasteiger partial charge in [-0.15, -0.1) is 0 Å². The third kappa shape index (κ3) is 8.52. The molecule has 47 heavy (non-hydrogen) atoms. The number of rotatable bonds is 14. The second kappa shape index (κ2) is 15.2. The van der Waals surface area contributed by atoms with E-state index < -0.39 is 34.4 Å². The van der Waals surface area contributed by atoms with Crippen molar-refractivity contribution in [3.8, 4) is 0 Å². The zero-order chi connectivity index (χ0) is 33.7. The Morgan fingerprint density at radius 3 is 2.60 bits per heavy atom. The lowest BCUT2D eigenvalue weighted by atomic mass is 10.0. The van der Waals surface area contributed by atoms with Gasteiger partial charge in [0.2, 0.25) is 10.0 Å². The standard InChI is InChI=1S/C34H46N4O8S/c1-21(2)16-35-17-27-26-15-24(10-11-28(26)36-32(27)40)47(42,43)38(18-22(3)4)19-30(39)29(14-23-8-6-5-7-9-23)37-34(41)46-31-20-45-33-25(31)12-13-44-33/h5-11,15,17,21-22,25,29-31,33,35,39H,12-14,16,18-20H2,1-4H3,(H,36,40)(H,37,41)/b27-17-. The van der Waals surface area contributed by atoms with Crippen LogP contribution in [0, 0.1) is 17.8 Å². The van der Waals surface area contributed by atoms with Crippen molar-refractivity contribution in [1.82, 2.24) is 14.9 Å². The number of ether oxygens (including phenoxy) is 3. The Balaban J connectivity index is 1.36. The fourth-order valence-corrected chi connectivity index (χ4v) is 7.70. The van der Waals surface area contributed by atoms with E-state index in [1.807, 2.05) is 58.0 Å². The van der Waals surface area contributed by atoms with Crippen LogP contribution in [0.25, 0.3) is 5.57 Å². The highest BCUT2D eigenvalue weighted by atomic mass is 32.2. The molecule has 2 saturated heterocycles. The molecule has 0 bridgehead atoms. The van der Waals surface area contributed by atoms with Crippen LogP contribution in [-0.4, -0.2) is 87.2 Å². The van der Waals surface area contributed by atoms with Crippen LogP contribution < -0.4 is 16.0 Å². The Kier molecular flexibility index (Phi) is 11.2. The number of amides is 2. The van der Waals surface area contributed by atoms with Crippen LogP contribution in [0.4, 0.5) is 10.5 Å². The van der Waals surface area contributed by atoms with E-state index in [0.717, 1.165) is 12.0 Å². The van der Waals surface area contributed by atoms with Gasteiger partial charge in [0, 0.05) is 37.1 Å². The van der Waals surface area contributed by atoms with Crippen molar-refractivity contribution in [3.63, 3.8) is 0 Å². The van der Waals surface area contributed by atoms with Crippen LogP contribution in [0.5, 0.6) is 0 Å². The average Bonchev–Trinajstić information content (AvgIpc) is 3.72. The maximum absolute atomic E-state index is 14.2. The topological polar surface area (TPSA) is 156 Å². The van der Waals surface area contributed by atoms with Gasteiger partial charge in [-0.2, -0.15) is 4.31 Å². The number of benzene rings is 2. The highest BCUT2D eigenvalue weighted by molar-refractivity contribution is 7.89. The Labute approximate surface area is 276 Å². The quantitative estimate of drug-likeness (QED) is 0.222. The molecule has 5 atom stereocenters. The average molecular weight is 671 g/mol. The van der Waals surface area contributed by atoms with E-state index in [0.29, 0.717) is 35.9 Å². The van der Waals surface area contributed by atoms with Gasteiger partial charge in [0.1, 0.15) is 6.10 Å². The number of nitrogens with one attached hydrogen (secondary N) is 3. The maximum Gasteiger partial charge on any atom is 0.407 e. The molecule has 2 aromatic carbocycles. The third-order valence-electron chi connectivity index (χ3n) is 8.45. The summed E-state index contributed by atoms with van der Waals surface area (Å²) in [5.41, 5.74) is 2.21. The summed E-state index contributed by atoms with van der Waals surface area (Å²) in [4.78, 5) is 25.8. The minimum atomic E-state index is -4.14. The van der Waals surface area contributed by atoms with Gasteiger partial charge in [0.25, 0.3) is 5.91 Å². The number of hydrogen-bond donors (Lipinski definition) is 4. The summed E-state index contributed by atoms with van der Waals surface area (Å²) in [5, 5.41) is 20.3. The van der Waals surface area contributed by atoms with Gasteiger partial charge in [-0.1, -0.05) is 58.0 Å². The number of carbonyl (C=O) groups is 2. The molecule has 0 spiro atoms. The van der Waals surface area contributed by atoms with E-state index in [9.17, 15) is 23.1 Å². The van der Waals surface area contributed by atoms with Gasteiger partial charge >= 0.3 is 6.09 Å². The van der Waals surface area contributed by atoms with Crippen LogP contribution in [0.3, 0.4) is 0 Å². The number of aliphatic hydroxyl groups is 1. The van der Waals surface area contributed by atoms with Crippen LogP contribution in [0.2, 0.25) is 0 Å². The molecule has 3 heterocycles. The monoisotopic (exact) mass is 670 g/mol. The summed E-state index contributed by atoms with van der Waals surface area (Å²) < 4.78 is 46.4. The molecule has 5 unspecified atom stereocenters. The Morgan fingerprint density at radius 1 is 1.11 bits per heavy atom.